The number of morpholine rings is 1. The van der Waals surface area contributed by atoms with Gasteiger partial charge in [0.15, 0.2) is 5.82 Å². The van der Waals surface area contributed by atoms with Crippen molar-refractivity contribution in [3.8, 4) is 29.1 Å². The third-order valence-electron chi connectivity index (χ3n) is 10.2. The summed E-state index contributed by atoms with van der Waals surface area (Å²) in [6, 6.07) is 7.88. The average Bonchev–Trinajstić information content (AvgIpc) is 3.70. The molecule has 2 aromatic carbocycles. The highest BCUT2D eigenvalue weighted by molar-refractivity contribution is 6.02. The molecule has 4 heterocycles. The molecule has 0 amide bonds. The number of ether oxygens (including phenoxy) is 2. The van der Waals surface area contributed by atoms with Gasteiger partial charge in [-0.05, 0) is 69.3 Å². The third-order valence-corrected chi connectivity index (χ3v) is 10.2. The van der Waals surface area contributed by atoms with E-state index in [1.807, 2.05) is 6.07 Å². The molecule has 1 N–H and O–H groups in total. The maximum Gasteiger partial charge on any atom is 0.319 e. The molecule has 4 aromatic rings. The molecular formula is C33H32F2N6O3. The van der Waals surface area contributed by atoms with Gasteiger partial charge in [0.2, 0.25) is 0 Å². The number of hydrogen-bond acceptors (Lipinski definition) is 9. The van der Waals surface area contributed by atoms with Gasteiger partial charge < -0.3 is 24.4 Å². The number of aromatic nitrogens is 3. The SMILES string of the molecule is CN1CCC[C@@]2(COc3nc(N4CCOC5CC54)c4cnc(-c5cc(O)cc6ccc(F)c(C#N)c56)c(F)c4n3)CCC[C@@H]12. The lowest BCUT2D eigenvalue weighted by atomic mass is 9.76. The van der Waals surface area contributed by atoms with Crippen LogP contribution in [0.15, 0.2) is 30.5 Å². The minimum absolute atomic E-state index is 0.00618. The van der Waals surface area contributed by atoms with Gasteiger partial charge in [0.25, 0.3) is 0 Å². The number of hydrogen-bond donors (Lipinski definition) is 1. The molecule has 226 valence electrons. The lowest BCUT2D eigenvalue weighted by Crippen LogP contribution is -2.50. The van der Waals surface area contributed by atoms with Crippen molar-refractivity contribution in [2.75, 3.05) is 38.3 Å². The molecule has 2 aliphatic heterocycles. The number of piperidine rings is 1. The Hall–Kier alpha value is -4.14. The first-order chi connectivity index (χ1) is 21.4. The number of phenols is 1. The Morgan fingerprint density at radius 2 is 2.05 bits per heavy atom. The fourth-order valence-electron chi connectivity index (χ4n) is 8.00. The van der Waals surface area contributed by atoms with Crippen molar-refractivity contribution in [3.63, 3.8) is 0 Å². The van der Waals surface area contributed by atoms with Crippen LogP contribution in [0.5, 0.6) is 11.8 Å². The fraction of sp³-hybridized carbons (Fsp3) is 0.455. The van der Waals surface area contributed by atoms with E-state index in [0.29, 0.717) is 42.4 Å². The van der Waals surface area contributed by atoms with Crippen LogP contribution in [0, 0.1) is 28.4 Å². The maximum atomic E-state index is 16.7. The molecule has 0 bridgehead atoms. The van der Waals surface area contributed by atoms with Crippen molar-refractivity contribution in [2.24, 2.45) is 5.41 Å². The van der Waals surface area contributed by atoms with Crippen LogP contribution in [-0.4, -0.2) is 76.5 Å². The maximum absolute atomic E-state index is 16.7. The summed E-state index contributed by atoms with van der Waals surface area (Å²) in [6.45, 7) is 2.65. The Labute approximate surface area is 253 Å². The second kappa shape index (κ2) is 10.2. The molecule has 2 saturated heterocycles. The first-order valence-electron chi connectivity index (χ1n) is 15.3. The molecule has 0 radical (unpaired) electrons. The quantitative estimate of drug-likeness (QED) is 0.327. The highest BCUT2D eigenvalue weighted by Crippen LogP contribution is 2.48. The third kappa shape index (κ3) is 4.26. The summed E-state index contributed by atoms with van der Waals surface area (Å²) in [5.74, 6) is -1.11. The number of aromatic hydroxyl groups is 1. The lowest BCUT2D eigenvalue weighted by Gasteiger charge is -2.44. The van der Waals surface area contributed by atoms with Gasteiger partial charge in [-0.15, -0.1) is 0 Å². The highest BCUT2D eigenvalue weighted by atomic mass is 19.1. The number of phenolic OH excluding ortho intramolecular Hbond substituents is 1. The first-order valence-corrected chi connectivity index (χ1v) is 15.3. The van der Waals surface area contributed by atoms with E-state index in [0.717, 1.165) is 51.1 Å². The molecule has 0 spiro atoms. The molecule has 11 heteroatoms. The van der Waals surface area contributed by atoms with E-state index in [1.54, 1.807) is 0 Å². The standard InChI is InChI=1S/C33H32F2N6O3/c1-40-9-3-8-33(7-2-4-26(33)40)17-44-32-38-30-22(31(39-32)41-10-11-43-25-14-24(25)41)16-37-29(28(30)35)20-13-19(42)12-18-5-6-23(34)21(15-36)27(18)20/h5-6,12-13,16,24-26,42H,2-4,7-11,14,17H2,1H3/t24?,25?,26-,33-/m1/s1. The largest absolute Gasteiger partial charge is 0.508 e. The van der Waals surface area contributed by atoms with Gasteiger partial charge >= 0.3 is 6.01 Å². The van der Waals surface area contributed by atoms with Crippen molar-refractivity contribution < 1.29 is 23.4 Å². The molecule has 4 aliphatic rings. The monoisotopic (exact) mass is 598 g/mol. The molecule has 4 fully saturated rings. The van der Waals surface area contributed by atoms with Gasteiger partial charge in [-0.25, -0.2) is 8.78 Å². The van der Waals surface area contributed by atoms with E-state index in [2.05, 4.69) is 26.8 Å². The van der Waals surface area contributed by atoms with Crippen LogP contribution in [0.3, 0.4) is 0 Å². The number of nitrogens with zero attached hydrogens (tertiary/aromatic N) is 6. The van der Waals surface area contributed by atoms with Gasteiger partial charge in [0.1, 0.15) is 34.7 Å². The van der Waals surface area contributed by atoms with Gasteiger partial charge in [0.05, 0.1) is 36.3 Å². The van der Waals surface area contributed by atoms with Crippen LogP contribution in [0.25, 0.3) is 32.9 Å². The number of pyridine rings is 1. The normalized spacial score (nSPS) is 26.4. The second-order valence-corrected chi connectivity index (χ2v) is 12.7. The fourth-order valence-corrected chi connectivity index (χ4v) is 8.00. The van der Waals surface area contributed by atoms with Gasteiger partial charge in [-0.3, -0.25) is 4.98 Å². The summed E-state index contributed by atoms with van der Waals surface area (Å²) in [5.41, 5.74) is -0.268. The lowest BCUT2D eigenvalue weighted by molar-refractivity contribution is 0.0133. The Balaban J connectivity index is 1.27. The van der Waals surface area contributed by atoms with Crippen molar-refractivity contribution in [3.05, 3.63) is 47.7 Å². The Kier molecular flexibility index (Phi) is 6.36. The molecule has 4 atom stereocenters. The number of benzene rings is 2. The Bertz CT molecular complexity index is 1860. The van der Waals surface area contributed by atoms with E-state index in [-0.39, 0.29) is 57.0 Å². The van der Waals surface area contributed by atoms with Crippen LogP contribution in [0.4, 0.5) is 14.6 Å². The van der Waals surface area contributed by atoms with E-state index in [4.69, 9.17) is 14.5 Å². The zero-order valence-corrected chi connectivity index (χ0v) is 24.4. The number of fused-ring (bicyclic) bond motifs is 4. The molecule has 8 rings (SSSR count). The van der Waals surface area contributed by atoms with Crippen LogP contribution in [-0.2, 0) is 4.74 Å². The Morgan fingerprint density at radius 1 is 1.18 bits per heavy atom. The summed E-state index contributed by atoms with van der Waals surface area (Å²) in [5, 5.41) is 21.3. The predicted molar refractivity (Wildman–Crippen MR) is 159 cm³/mol. The highest BCUT2D eigenvalue weighted by Gasteiger charge is 2.48. The van der Waals surface area contributed by atoms with E-state index in [9.17, 15) is 14.8 Å². The van der Waals surface area contributed by atoms with E-state index >= 15 is 4.39 Å². The summed E-state index contributed by atoms with van der Waals surface area (Å²) in [4.78, 5) is 18.5. The number of nitriles is 1. The van der Waals surface area contributed by atoms with Gasteiger partial charge in [-0.1, -0.05) is 12.5 Å². The number of halogens is 2. The smallest absolute Gasteiger partial charge is 0.319 e. The molecule has 44 heavy (non-hydrogen) atoms. The van der Waals surface area contributed by atoms with Gasteiger partial charge in [-0.2, -0.15) is 15.2 Å². The molecular weight excluding hydrogens is 566 g/mol. The molecule has 2 saturated carbocycles. The first kappa shape index (κ1) is 27.4. The second-order valence-electron chi connectivity index (χ2n) is 12.7. The summed E-state index contributed by atoms with van der Waals surface area (Å²) in [6.07, 6.45) is 8.01. The van der Waals surface area contributed by atoms with Crippen molar-refractivity contribution >= 4 is 27.5 Å². The average molecular weight is 599 g/mol. The van der Waals surface area contributed by atoms with Crippen LogP contribution in [0.1, 0.15) is 44.1 Å². The Morgan fingerprint density at radius 3 is 2.91 bits per heavy atom. The zero-order chi connectivity index (χ0) is 30.2. The minimum Gasteiger partial charge on any atom is -0.508 e. The van der Waals surface area contributed by atoms with E-state index < -0.39 is 11.6 Å². The zero-order valence-electron chi connectivity index (χ0n) is 24.4. The van der Waals surface area contributed by atoms with Crippen molar-refractivity contribution in [1.82, 2.24) is 19.9 Å². The van der Waals surface area contributed by atoms with E-state index in [1.165, 1.54) is 24.4 Å². The summed E-state index contributed by atoms with van der Waals surface area (Å²) < 4.78 is 43.7. The topological polar surface area (TPSA) is 108 Å². The number of likely N-dealkylation sites (tertiary alicyclic amines) is 1. The summed E-state index contributed by atoms with van der Waals surface area (Å²) in [7, 11) is 2.18. The minimum atomic E-state index is -0.758. The molecule has 2 aliphatic carbocycles. The molecule has 2 aromatic heterocycles. The number of anilines is 1. The molecule has 2 unspecified atom stereocenters. The van der Waals surface area contributed by atoms with Crippen molar-refractivity contribution in [2.45, 2.75) is 56.7 Å². The molecule has 9 nitrogen and oxygen atoms in total. The van der Waals surface area contributed by atoms with Gasteiger partial charge in [0, 0.05) is 35.1 Å². The summed E-state index contributed by atoms with van der Waals surface area (Å²) >= 11 is 0. The van der Waals surface area contributed by atoms with Crippen LogP contribution < -0.4 is 9.64 Å². The number of rotatable bonds is 5. The van der Waals surface area contributed by atoms with Crippen LogP contribution >= 0.6 is 0 Å². The van der Waals surface area contributed by atoms with Crippen LogP contribution in [0.2, 0.25) is 0 Å². The predicted octanol–water partition coefficient (Wildman–Crippen LogP) is 5.32. The van der Waals surface area contributed by atoms with Crippen molar-refractivity contribution in [1.29, 1.82) is 5.26 Å².